The molecule has 0 radical (unpaired) electrons. The van der Waals surface area contributed by atoms with Gasteiger partial charge < -0.3 is 14.4 Å². The first kappa shape index (κ1) is 18.7. The van der Waals surface area contributed by atoms with Crippen molar-refractivity contribution in [2.45, 2.75) is 6.54 Å². The summed E-state index contributed by atoms with van der Waals surface area (Å²) in [5, 5.41) is 0.680. The molecule has 1 fully saturated rings. The van der Waals surface area contributed by atoms with E-state index in [-0.39, 0.29) is 12.5 Å². The van der Waals surface area contributed by atoms with Gasteiger partial charge in [-0.25, -0.2) is 4.98 Å². The maximum atomic E-state index is 12.9. The van der Waals surface area contributed by atoms with Gasteiger partial charge in [0, 0.05) is 54.7 Å². The van der Waals surface area contributed by atoms with Gasteiger partial charge in [0.05, 0.1) is 17.7 Å². The second-order valence-electron chi connectivity index (χ2n) is 7.00. The predicted molar refractivity (Wildman–Crippen MR) is 110 cm³/mol. The van der Waals surface area contributed by atoms with E-state index in [4.69, 9.17) is 11.6 Å². The van der Waals surface area contributed by atoms with Crippen LogP contribution < -0.4 is 0 Å². The van der Waals surface area contributed by atoms with Crippen LogP contribution >= 0.6 is 11.6 Å². The van der Waals surface area contributed by atoms with Gasteiger partial charge in [0.1, 0.15) is 6.54 Å². The van der Waals surface area contributed by atoms with Gasteiger partial charge in [-0.05, 0) is 31.3 Å². The van der Waals surface area contributed by atoms with E-state index < -0.39 is 0 Å². The minimum absolute atomic E-state index is 0.114. The number of carbonyl (C=O) groups is 1. The number of nitrogens with zero attached hydrogens (tertiary/aromatic N) is 5. The number of amides is 1. The molecule has 0 unspecified atom stereocenters. The molecule has 0 spiro atoms. The van der Waals surface area contributed by atoms with Gasteiger partial charge >= 0.3 is 0 Å². The number of pyridine rings is 1. The minimum atomic E-state index is 0.114. The number of piperazine rings is 1. The molecule has 0 bridgehead atoms. The SMILES string of the molecule is CN1CCN(C(=O)Cn2cnc(-c3ccc(Cl)cc3)c2-c2ccncc2)CC1. The largest absolute Gasteiger partial charge is 0.339 e. The highest BCUT2D eigenvalue weighted by atomic mass is 35.5. The van der Waals surface area contributed by atoms with Crippen LogP contribution in [0.25, 0.3) is 22.5 Å². The van der Waals surface area contributed by atoms with Gasteiger partial charge in [0.25, 0.3) is 0 Å². The first-order valence-corrected chi connectivity index (χ1v) is 9.67. The van der Waals surface area contributed by atoms with E-state index in [1.807, 2.05) is 45.9 Å². The van der Waals surface area contributed by atoms with Crippen molar-refractivity contribution in [2.75, 3.05) is 33.2 Å². The van der Waals surface area contributed by atoms with E-state index in [0.717, 1.165) is 48.7 Å². The van der Waals surface area contributed by atoms with Crippen LogP contribution in [0, 0.1) is 0 Å². The van der Waals surface area contributed by atoms with Crippen LogP contribution in [0.2, 0.25) is 5.02 Å². The fourth-order valence-corrected chi connectivity index (χ4v) is 3.56. The van der Waals surface area contributed by atoms with E-state index in [0.29, 0.717) is 5.02 Å². The Morgan fingerprint density at radius 3 is 2.36 bits per heavy atom. The molecule has 1 aliphatic heterocycles. The monoisotopic (exact) mass is 395 g/mol. The van der Waals surface area contributed by atoms with E-state index in [2.05, 4.69) is 21.9 Å². The lowest BCUT2D eigenvalue weighted by Gasteiger charge is -2.32. The zero-order chi connectivity index (χ0) is 19.5. The molecule has 1 aromatic carbocycles. The summed E-state index contributed by atoms with van der Waals surface area (Å²) in [5.41, 5.74) is 3.67. The molecule has 28 heavy (non-hydrogen) atoms. The smallest absolute Gasteiger partial charge is 0.242 e. The number of hydrogen-bond acceptors (Lipinski definition) is 4. The molecule has 3 heterocycles. The highest BCUT2D eigenvalue weighted by Gasteiger charge is 2.22. The number of hydrogen-bond donors (Lipinski definition) is 0. The number of likely N-dealkylation sites (N-methyl/N-ethyl adjacent to an activating group) is 1. The quantitative estimate of drug-likeness (QED) is 0.681. The molecule has 4 rings (SSSR count). The number of rotatable bonds is 4. The van der Waals surface area contributed by atoms with Crippen molar-refractivity contribution in [3.8, 4) is 22.5 Å². The second-order valence-corrected chi connectivity index (χ2v) is 7.43. The molecule has 7 heteroatoms. The molecule has 144 valence electrons. The molecular weight excluding hydrogens is 374 g/mol. The Morgan fingerprint density at radius 2 is 1.68 bits per heavy atom. The average molecular weight is 396 g/mol. The maximum Gasteiger partial charge on any atom is 0.242 e. The second kappa shape index (κ2) is 8.12. The Balaban J connectivity index is 1.67. The van der Waals surface area contributed by atoms with Gasteiger partial charge in [-0.2, -0.15) is 0 Å². The molecule has 1 saturated heterocycles. The fraction of sp³-hybridized carbons (Fsp3) is 0.286. The van der Waals surface area contributed by atoms with Gasteiger partial charge in [0.2, 0.25) is 5.91 Å². The summed E-state index contributed by atoms with van der Waals surface area (Å²) in [6.07, 6.45) is 5.24. The number of aromatic nitrogens is 3. The Morgan fingerprint density at radius 1 is 1.00 bits per heavy atom. The van der Waals surface area contributed by atoms with Crippen molar-refractivity contribution in [2.24, 2.45) is 0 Å². The molecule has 1 aliphatic rings. The van der Waals surface area contributed by atoms with Crippen LogP contribution in [0.3, 0.4) is 0 Å². The summed E-state index contributed by atoms with van der Waals surface area (Å²) < 4.78 is 1.93. The molecule has 6 nitrogen and oxygen atoms in total. The number of imidazole rings is 1. The van der Waals surface area contributed by atoms with E-state index in [1.165, 1.54) is 0 Å². The standard InChI is InChI=1S/C21H22ClN5O/c1-25-10-12-26(13-11-25)19(28)14-27-15-24-20(16-2-4-18(22)5-3-16)21(27)17-6-8-23-9-7-17/h2-9,15H,10-14H2,1H3. The first-order valence-electron chi connectivity index (χ1n) is 9.29. The third-order valence-corrected chi connectivity index (χ3v) is 5.32. The van der Waals surface area contributed by atoms with Crippen molar-refractivity contribution in [3.05, 3.63) is 60.1 Å². The van der Waals surface area contributed by atoms with Gasteiger partial charge in [0.15, 0.2) is 0 Å². The summed E-state index contributed by atoms with van der Waals surface area (Å²) in [5.74, 6) is 0.114. The molecule has 1 amide bonds. The third kappa shape index (κ3) is 3.93. The zero-order valence-corrected chi connectivity index (χ0v) is 16.5. The summed E-state index contributed by atoms with van der Waals surface area (Å²) in [4.78, 5) is 25.8. The van der Waals surface area contributed by atoms with Crippen molar-refractivity contribution >= 4 is 17.5 Å². The molecule has 2 aromatic heterocycles. The highest BCUT2D eigenvalue weighted by molar-refractivity contribution is 6.30. The molecular formula is C21H22ClN5O. The molecule has 0 aliphatic carbocycles. The Kier molecular flexibility index (Phi) is 5.41. The van der Waals surface area contributed by atoms with Gasteiger partial charge in [-0.15, -0.1) is 0 Å². The van der Waals surface area contributed by atoms with Crippen LogP contribution in [0.4, 0.5) is 0 Å². The van der Waals surface area contributed by atoms with Crippen molar-refractivity contribution in [1.82, 2.24) is 24.3 Å². The molecule has 0 saturated carbocycles. The maximum absolute atomic E-state index is 12.9. The summed E-state index contributed by atoms with van der Waals surface area (Å²) in [6.45, 7) is 3.60. The lowest BCUT2D eigenvalue weighted by molar-refractivity contribution is -0.133. The van der Waals surface area contributed by atoms with Gasteiger partial charge in [-0.1, -0.05) is 23.7 Å². The molecule has 0 atom stereocenters. The summed E-state index contributed by atoms with van der Waals surface area (Å²) in [7, 11) is 2.08. The lowest BCUT2D eigenvalue weighted by Crippen LogP contribution is -2.48. The molecule has 0 N–H and O–H groups in total. The van der Waals surface area contributed by atoms with Crippen LogP contribution in [-0.4, -0.2) is 63.5 Å². The van der Waals surface area contributed by atoms with Crippen molar-refractivity contribution in [1.29, 1.82) is 0 Å². The highest BCUT2D eigenvalue weighted by Crippen LogP contribution is 2.31. The minimum Gasteiger partial charge on any atom is -0.339 e. The van der Waals surface area contributed by atoms with Crippen LogP contribution in [0.15, 0.2) is 55.1 Å². The van der Waals surface area contributed by atoms with E-state index >= 15 is 0 Å². The zero-order valence-electron chi connectivity index (χ0n) is 15.8. The number of halogens is 1. The average Bonchev–Trinajstić information content (AvgIpc) is 3.13. The first-order chi connectivity index (χ1) is 13.6. The number of carbonyl (C=O) groups excluding carboxylic acids is 1. The van der Waals surface area contributed by atoms with E-state index in [9.17, 15) is 4.79 Å². The Bertz CT molecular complexity index is 947. The van der Waals surface area contributed by atoms with Crippen molar-refractivity contribution in [3.63, 3.8) is 0 Å². The lowest BCUT2D eigenvalue weighted by atomic mass is 10.1. The van der Waals surface area contributed by atoms with Crippen LogP contribution in [0.5, 0.6) is 0 Å². The summed E-state index contributed by atoms with van der Waals surface area (Å²) in [6, 6.07) is 11.5. The fourth-order valence-electron chi connectivity index (χ4n) is 3.44. The van der Waals surface area contributed by atoms with Crippen molar-refractivity contribution < 1.29 is 4.79 Å². The predicted octanol–water partition coefficient (Wildman–Crippen LogP) is 3.04. The number of benzene rings is 1. The summed E-state index contributed by atoms with van der Waals surface area (Å²) >= 11 is 6.04. The normalized spacial score (nSPS) is 15.0. The third-order valence-electron chi connectivity index (χ3n) is 5.07. The van der Waals surface area contributed by atoms with Crippen LogP contribution in [-0.2, 0) is 11.3 Å². The Labute approximate surface area is 169 Å². The molecule has 3 aromatic rings. The van der Waals surface area contributed by atoms with E-state index in [1.54, 1.807) is 18.7 Å². The van der Waals surface area contributed by atoms with Crippen LogP contribution in [0.1, 0.15) is 0 Å². The topological polar surface area (TPSA) is 54.3 Å². The Hall–Kier alpha value is -2.70. The van der Waals surface area contributed by atoms with Gasteiger partial charge in [-0.3, -0.25) is 9.78 Å².